The zero-order valence-electron chi connectivity index (χ0n) is 9.55. The smallest absolute Gasteiger partial charge is 0.125 e. The van der Waals surface area contributed by atoms with Crippen LogP contribution in [-0.2, 0) is 6.54 Å². The van der Waals surface area contributed by atoms with E-state index < -0.39 is 0 Å². The molecule has 0 saturated carbocycles. The number of hydrogen-bond acceptors (Lipinski definition) is 3. The molecule has 1 aromatic heterocycles. The molecule has 0 aliphatic heterocycles. The molecule has 1 heterocycles. The van der Waals surface area contributed by atoms with Gasteiger partial charge in [0.15, 0.2) is 0 Å². The van der Waals surface area contributed by atoms with E-state index in [1.54, 1.807) is 10.9 Å². The second-order valence-corrected chi connectivity index (χ2v) is 4.11. The number of anilines is 1. The molecule has 0 unspecified atom stereocenters. The zero-order chi connectivity index (χ0) is 12.5. The number of benzene rings is 2. The van der Waals surface area contributed by atoms with E-state index in [0.29, 0.717) is 17.6 Å². The number of aromatic nitrogens is 3. The maximum atomic E-state index is 13.0. The van der Waals surface area contributed by atoms with Gasteiger partial charge in [-0.3, -0.25) is 0 Å². The lowest BCUT2D eigenvalue weighted by Gasteiger charge is -2.00. The minimum Gasteiger partial charge on any atom is -0.399 e. The normalized spacial score (nSPS) is 10.9. The summed E-state index contributed by atoms with van der Waals surface area (Å²) in [6.07, 6.45) is 0. The van der Waals surface area contributed by atoms with Crippen molar-refractivity contribution in [2.75, 3.05) is 5.73 Å². The van der Waals surface area contributed by atoms with Gasteiger partial charge in [0.1, 0.15) is 16.9 Å². The lowest BCUT2D eigenvalue weighted by molar-refractivity contribution is 0.600. The first-order valence-electron chi connectivity index (χ1n) is 5.55. The van der Waals surface area contributed by atoms with Crippen molar-refractivity contribution >= 4 is 16.7 Å². The molecular weight excluding hydrogens is 231 g/mol. The lowest BCUT2D eigenvalue weighted by Crippen LogP contribution is -2.03. The fourth-order valence-electron chi connectivity index (χ4n) is 1.79. The van der Waals surface area contributed by atoms with Crippen LogP contribution in [0.5, 0.6) is 0 Å². The average molecular weight is 242 g/mol. The van der Waals surface area contributed by atoms with Crippen LogP contribution in [0.4, 0.5) is 10.1 Å². The Balaban J connectivity index is 1.92. The molecule has 0 fully saturated rings. The SMILES string of the molecule is Nc1ccc(Cn2nc3ccc(F)cc3n2)cc1. The molecule has 0 atom stereocenters. The summed E-state index contributed by atoms with van der Waals surface area (Å²) in [5.74, 6) is -0.304. The van der Waals surface area contributed by atoms with Gasteiger partial charge in [-0.05, 0) is 29.8 Å². The van der Waals surface area contributed by atoms with E-state index in [4.69, 9.17) is 5.73 Å². The van der Waals surface area contributed by atoms with Crippen molar-refractivity contribution in [2.45, 2.75) is 6.54 Å². The maximum Gasteiger partial charge on any atom is 0.125 e. The molecule has 0 aliphatic carbocycles. The van der Waals surface area contributed by atoms with E-state index in [0.717, 1.165) is 11.3 Å². The highest BCUT2D eigenvalue weighted by molar-refractivity contribution is 5.73. The van der Waals surface area contributed by atoms with Gasteiger partial charge in [-0.15, -0.1) is 0 Å². The molecule has 5 heteroatoms. The summed E-state index contributed by atoms with van der Waals surface area (Å²) in [6.45, 7) is 0.538. The Labute approximate surface area is 103 Å². The summed E-state index contributed by atoms with van der Waals surface area (Å²) in [4.78, 5) is 1.55. The van der Waals surface area contributed by atoms with Gasteiger partial charge in [-0.25, -0.2) is 4.39 Å². The van der Waals surface area contributed by atoms with Gasteiger partial charge in [0, 0.05) is 11.8 Å². The van der Waals surface area contributed by atoms with Gasteiger partial charge >= 0.3 is 0 Å². The van der Waals surface area contributed by atoms with Crippen molar-refractivity contribution in [1.29, 1.82) is 0 Å². The molecule has 0 aliphatic rings. The minimum absolute atomic E-state index is 0.304. The first kappa shape index (κ1) is 10.7. The highest BCUT2D eigenvalue weighted by Crippen LogP contribution is 2.12. The van der Waals surface area contributed by atoms with Gasteiger partial charge in [-0.2, -0.15) is 15.0 Å². The topological polar surface area (TPSA) is 56.7 Å². The predicted molar refractivity (Wildman–Crippen MR) is 67.4 cm³/mol. The van der Waals surface area contributed by atoms with E-state index in [-0.39, 0.29) is 5.82 Å². The van der Waals surface area contributed by atoms with Crippen LogP contribution < -0.4 is 5.73 Å². The van der Waals surface area contributed by atoms with Gasteiger partial charge in [-0.1, -0.05) is 12.1 Å². The molecule has 3 rings (SSSR count). The van der Waals surface area contributed by atoms with Crippen LogP contribution in [0.2, 0.25) is 0 Å². The summed E-state index contributed by atoms with van der Waals surface area (Å²) < 4.78 is 13.0. The largest absolute Gasteiger partial charge is 0.399 e. The molecule has 0 bridgehead atoms. The molecule has 2 aromatic carbocycles. The van der Waals surface area contributed by atoms with Crippen molar-refractivity contribution in [2.24, 2.45) is 0 Å². The Morgan fingerprint density at radius 2 is 1.72 bits per heavy atom. The second kappa shape index (κ2) is 4.10. The van der Waals surface area contributed by atoms with Crippen LogP contribution in [0.15, 0.2) is 42.5 Å². The molecule has 90 valence electrons. The first-order chi connectivity index (χ1) is 8.70. The van der Waals surface area contributed by atoms with Crippen LogP contribution in [0.25, 0.3) is 11.0 Å². The van der Waals surface area contributed by atoms with E-state index in [1.165, 1.54) is 12.1 Å². The van der Waals surface area contributed by atoms with Gasteiger partial charge < -0.3 is 5.73 Å². The van der Waals surface area contributed by atoms with E-state index in [9.17, 15) is 4.39 Å². The van der Waals surface area contributed by atoms with E-state index >= 15 is 0 Å². The standard InChI is InChI=1S/C13H11FN4/c14-10-3-6-12-13(7-10)17-18(16-12)8-9-1-4-11(15)5-2-9/h1-7H,8,15H2. The number of rotatable bonds is 2. The Bertz CT molecular complexity index is 688. The van der Waals surface area contributed by atoms with Crippen molar-refractivity contribution < 1.29 is 4.39 Å². The first-order valence-corrected chi connectivity index (χ1v) is 5.55. The number of nitrogens with zero attached hydrogens (tertiary/aromatic N) is 3. The predicted octanol–water partition coefficient (Wildman–Crippen LogP) is 2.20. The van der Waals surface area contributed by atoms with Gasteiger partial charge in [0.2, 0.25) is 0 Å². The number of nitrogens with two attached hydrogens (primary N) is 1. The molecule has 0 amide bonds. The summed E-state index contributed by atoms with van der Waals surface area (Å²) in [6, 6.07) is 11.9. The van der Waals surface area contributed by atoms with Crippen LogP contribution in [-0.4, -0.2) is 15.0 Å². The molecule has 3 aromatic rings. The fourth-order valence-corrected chi connectivity index (χ4v) is 1.79. The summed E-state index contributed by atoms with van der Waals surface area (Å²) in [5.41, 5.74) is 8.63. The number of hydrogen-bond donors (Lipinski definition) is 1. The van der Waals surface area contributed by atoms with Crippen molar-refractivity contribution in [3.8, 4) is 0 Å². The van der Waals surface area contributed by atoms with Crippen LogP contribution in [0.3, 0.4) is 0 Å². The molecule has 0 radical (unpaired) electrons. The summed E-state index contributed by atoms with van der Waals surface area (Å²) in [7, 11) is 0. The third-order valence-corrected chi connectivity index (χ3v) is 2.69. The molecule has 0 saturated heterocycles. The van der Waals surface area contributed by atoms with Gasteiger partial charge in [0.25, 0.3) is 0 Å². The van der Waals surface area contributed by atoms with E-state index in [2.05, 4.69) is 10.2 Å². The molecule has 0 spiro atoms. The van der Waals surface area contributed by atoms with E-state index in [1.807, 2.05) is 24.3 Å². The van der Waals surface area contributed by atoms with Crippen molar-refractivity contribution in [1.82, 2.24) is 15.0 Å². The third-order valence-electron chi connectivity index (χ3n) is 2.69. The Morgan fingerprint density at radius 1 is 1.00 bits per heavy atom. The van der Waals surface area contributed by atoms with Crippen LogP contribution in [0, 0.1) is 5.82 Å². The summed E-state index contributed by atoms with van der Waals surface area (Å²) >= 11 is 0. The molecule has 2 N–H and O–H groups in total. The highest BCUT2D eigenvalue weighted by atomic mass is 19.1. The lowest BCUT2D eigenvalue weighted by atomic mass is 10.2. The molecule has 4 nitrogen and oxygen atoms in total. The van der Waals surface area contributed by atoms with Crippen LogP contribution in [0.1, 0.15) is 5.56 Å². The Kier molecular flexibility index (Phi) is 2.44. The average Bonchev–Trinajstić information content (AvgIpc) is 2.73. The number of fused-ring (bicyclic) bond motifs is 1. The number of nitrogen functional groups attached to an aromatic ring is 1. The Morgan fingerprint density at radius 3 is 2.50 bits per heavy atom. The van der Waals surface area contributed by atoms with Crippen molar-refractivity contribution in [3.05, 3.63) is 53.8 Å². The second-order valence-electron chi connectivity index (χ2n) is 4.11. The van der Waals surface area contributed by atoms with Crippen LogP contribution >= 0.6 is 0 Å². The monoisotopic (exact) mass is 242 g/mol. The summed E-state index contributed by atoms with van der Waals surface area (Å²) in [5, 5.41) is 8.50. The minimum atomic E-state index is -0.304. The zero-order valence-corrected chi connectivity index (χ0v) is 9.55. The third kappa shape index (κ3) is 2.02. The molecule has 18 heavy (non-hydrogen) atoms. The molecular formula is C13H11FN4. The quantitative estimate of drug-likeness (QED) is 0.701. The Hall–Kier alpha value is -2.43. The van der Waals surface area contributed by atoms with Crippen molar-refractivity contribution in [3.63, 3.8) is 0 Å². The fraction of sp³-hybridized carbons (Fsp3) is 0.0769. The number of halogens is 1. The maximum absolute atomic E-state index is 13.0. The van der Waals surface area contributed by atoms with Gasteiger partial charge in [0.05, 0.1) is 6.54 Å². The highest BCUT2D eigenvalue weighted by Gasteiger charge is 2.04.